The summed E-state index contributed by atoms with van der Waals surface area (Å²) in [6.45, 7) is 9.86. The summed E-state index contributed by atoms with van der Waals surface area (Å²) < 4.78 is 4.79. The molecule has 0 spiro atoms. The topological polar surface area (TPSA) is 9.86 Å². The van der Waals surface area contributed by atoms with Crippen LogP contribution in [0.1, 0.15) is 20.8 Å². The quantitative estimate of drug-likeness (QED) is 0.142. The highest BCUT2D eigenvalue weighted by molar-refractivity contribution is 6.12. The molecule has 0 saturated heterocycles. The Hall–Kier alpha value is -7.94. The van der Waals surface area contributed by atoms with Crippen LogP contribution >= 0.6 is 0 Å². The number of hydrogen-bond donors (Lipinski definition) is 0. The lowest BCUT2D eigenvalue weighted by Gasteiger charge is -2.12. The van der Waals surface area contributed by atoms with Crippen LogP contribution in [0.5, 0.6) is 0 Å². The Balaban J connectivity index is 0.000000475. The van der Waals surface area contributed by atoms with Gasteiger partial charge < -0.3 is 9.13 Å². The van der Waals surface area contributed by atoms with E-state index < -0.39 is 0 Å². The van der Waals surface area contributed by atoms with E-state index in [4.69, 9.17) is 0 Å². The van der Waals surface area contributed by atoms with Crippen LogP contribution in [0.2, 0.25) is 0 Å². The maximum absolute atomic E-state index is 3.69. The minimum absolute atomic E-state index is 1.15. The van der Waals surface area contributed by atoms with Gasteiger partial charge in [-0.15, -0.1) is 0 Å². The van der Waals surface area contributed by atoms with Gasteiger partial charge in [-0.2, -0.15) is 0 Å². The summed E-state index contributed by atoms with van der Waals surface area (Å²) in [7, 11) is 0. The summed E-state index contributed by atoms with van der Waals surface area (Å²) in [5.74, 6) is 0. The van der Waals surface area contributed by atoms with Crippen LogP contribution in [0.4, 0.5) is 0 Å². The van der Waals surface area contributed by atoms with Crippen molar-refractivity contribution in [2.75, 3.05) is 0 Å². The van der Waals surface area contributed by atoms with Crippen molar-refractivity contribution >= 4 is 54.4 Å². The summed E-state index contributed by atoms with van der Waals surface area (Å²) in [6, 6.07) is 75.2. The molecule has 0 bridgehead atoms. The Morgan fingerprint density at radius 1 is 0.397 bits per heavy atom. The SMILES string of the molecule is C=CC(/C=C\C)=C(C)C.c1ccc(-n2c3ccccc3c3cc(-c4ccc5c(c4)c4ccccc4n5-c4cccc(-c5cccc(-c6cccc7ccccc67)c5)c4)ccc32)cc1. The Labute approximate surface area is 369 Å². The molecule has 63 heavy (non-hydrogen) atoms. The van der Waals surface area contributed by atoms with Crippen molar-refractivity contribution < 1.29 is 0 Å². The molecule has 0 aliphatic heterocycles. The Morgan fingerprint density at radius 3 is 1.49 bits per heavy atom. The highest BCUT2D eigenvalue weighted by Crippen LogP contribution is 2.39. The van der Waals surface area contributed by atoms with Crippen LogP contribution in [0.25, 0.3) is 99.1 Å². The van der Waals surface area contributed by atoms with Crippen molar-refractivity contribution in [2.45, 2.75) is 20.8 Å². The molecule has 2 aromatic heterocycles. The summed E-state index contributed by atoms with van der Waals surface area (Å²) in [6.07, 6.45) is 5.95. The molecule has 0 fully saturated rings. The van der Waals surface area contributed by atoms with Gasteiger partial charge in [0.2, 0.25) is 0 Å². The molecular formula is C61H48N2. The molecule has 9 aromatic carbocycles. The second kappa shape index (κ2) is 16.8. The predicted octanol–water partition coefficient (Wildman–Crippen LogP) is 17.1. The summed E-state index contributed by atoms with van der Waals surface area (Å²) >= 11 is 0. The van der Waals surface area contributed by atoms with Crippen molar-refractivity contribution in [2.24, 2.45) is 0 Å². The van der Waals surface area contributed by atoms with E-state index in [1.165, 1.54) is 105 Å². The number of benzene rings is 9. The van der Waals surface area contributed by atoms with Gasteiger partial charge in [-0.1, -0.05) is 170 Å². The average Bonchev–Trinajstić information content (AvgIpc) is 3.86. The van der Waals surface area contributed by atoms with Crippen molar-refractivity contribution in [3.63, 3.8) is 0 Å². The summed E-state index contributed by atoms with van der Waals surface area (Å²) in [4.78, 5) is 0. The number of fused-ring (bicyclic) bond motifs is 7. The van der Waals surface area contributed by atoms with E-state index in [-0.39, 0.29) is 0 Å². The van der Waals surface area contributed by atoms with E-state index in [1.807, 2.05) is 19.1 Å². The third-order valence-electron chi connectivity index (χ3n) is 12.2. The lowest BCUT2D eigenvalue weighted by molar-refractivity contribution is 1.18. The minimum atomic E-state index is 1.15. The van der Waals surface area contributed by atoms with Crippen molar-refractivity contribution in [3.05, 3.63) is 242 Å². The normalized spacial score (nSPS) is 11.4. The number of allylic oxidation sites excluding steroid dienone is 5. The minimum Gasteiger partial charge on any atom is -0.309 e. The fourth-order valence-corrected chi connectivity index (χ4v) is 9.22. The van der Waals surface area contributed by atoms with Gasteiger partial charge in [0.15, 0.2) is 0 Å². The molecule has 0 amide bonds. The monoisotopic (exact) mass is 808 g/mol. The van der Waals surface area contributed by atoms with Gasteiger partial charge in [0.1, 0.15) is 0 Å². The fraction of sp³-hybridized carbons (Fsp3) is 0.0492. The van der Waals surface area contributed by atoms with E-state index in [0.717, 1.165) is 5.69 Å². The molecule has 0 atom stereocenters. The van der Waals surface area contributed by atoms with Gasteiger partial charge >= 0.3 is 0 Å². The molecule has 11 rings (SSSR count). The standard InChI is InChI=1S/C52H34N2.C9H14/c1-2-18-41(19-3-1)53-49-25-8-6-22-45(49)47-33-38(27-29-51(47)53)39-28-30-52-48(34-39)46-23-7-9-26-50(46)54(52)42-20-11-16-37(32-42)36-15-10-17-40(31-36)44-24-12-14-35-13-4-5-21-43(35)44;1-5-7-9(6-2)8(3)4/h1-34H;5-7H,2H2,1,3-4H3/b;7-5-. The average molecular weight is 809 g/mol. The lowest BCUT2D eigenvalue weighted by Crippen LogP contribution is -1.94. The Bertz CT molecular complexity index is 3550. The molecular weight excluding hydrogens is 761 g/mol. The smallest absolute Gasteiger partial charge is 0.0541 e. The second-order valence-electron chi connectivity index (χ2n) is 16.3. The zero-order chi connectivity index (χ0) is 42.9. The molecule has 2 heterocycles. The van der Waals surface area contributed by atoms with Gasteiger partial charge in [-0.05, 0) is 137 Å². The highest BCUT2D eigenvalue weighted by Gasteiger charge is 2.16. The molecule has 2 heteroatoms. The maximum Gasteiger partial charge on any atom is 0.0541 e. The van der Waals surface area contributed by atoms with Crippen LogP contribution in [0.15, 0.2) is 242 Å². The first kappa shape index (κ1) is 39.2. The molecule has 0 saturated carbocycles. The molecule has 0 aliphatic carbocycles. The lowest BCUT2D eigenvalue weighted by atomic mass is 9.95. The highest BCUT2D eigenvalue weighted by atomic mass is 15.0. The molecule has 0 radical (unpaired) electrons. The van der Waals surface area contributed by atoms with Crippen LogP contribution in [0.3, 0.4) is 0 Å². The number of hydrogen-bond acceptors (Lipinski definition) is 0. The molecule has 302 valence electrons. The summed E-state index contributed by atoms with van der Waals surface area (Å²) in [5.41, 5.74) is 17.0. The first-order valence-electron chi connectivity index (χ1n) is 21.7. The molecule has 0 aliphatic rings. The van der Waals surface area contributed by atoms with Crippen molar-refractivity contribution in [1.82, 2.24) is 9.13 Å². The van der Waals surface area contributed by atoms with E-state index in [9.17, 15) is 0 Å². The molecule has 11 aromatic rings. The molecule has 2 nitrogen and oxygen atoms in total. The molecule has 0 N–H and O–H groups in total. The van der Waals surface area contributed by atoms with Crippen LogP contribution in [-0.2, 0) is 0 Å². The zero-order valence-corrected chi connectivity index (χ0v) is 36.0. The summed E-state index contributed by atoms with van der Waals surface area (Å²) in [5, 5.41) is 7.55. The fourth-order valence-electron chi connectivity index (χ4n) is 9.22. The number of para-hydroxylation sites is 3. The molecule has 0 unspecified atom stereocenters. The van der Waals surface area contributed by atoms with Crippen LogP contribution in [-0.4, -0.2) is 9.13 Å². The predicted molar refractivity (Wildman–Crippen MR) is 272 cm³/mol. The van der Waals surface area contributed by atoms with Crippen molar-refractivity contribution in [3.8, 4) is 44.8 Å². The number of aromatic nitrogens is 2. The van der Waals surface area contributed by atoms with Gasteiger partial charge in [0.05, 0.1) is 22.1 Å². The van der Waals surface area contributed by atoms with Crippen LogP contribution < -0.4 is 0 Å². The first-order chi connectivity index (χ1) is 31.0. The van der Waals surface area contributed by atoms with Gasteiger partial charge in [0, 0.05) is 32.9 Å². The number of rotatable bonds is 7. The van der Waals surface area contributed by atoms with E-state index in [2.05, 4.69) is 242 Å². The van der Waals surface area contributed by atoms with Gasteiger partial charge in [-0.3, -0.25) is 0 Å². The maximum atomic E-state index is 3.69. The van der Waals surface area contributed by atoms with E-state index in [1.54, 1.807) is 0 Å². The third-order valence-corrected chi connectivity index (χ3v) is 12.2. The Kier molecular flexibility index (Phi) is 10.5. The third kappa shape index (κ3) is 7.26. The number of nitrogens with zero attached hydrogens (tertiary/aromatic N) is 2. The largest absolute Gasteiger partial charge is 0.309 e. The second-order valence-corrected chi connectivity index (χ2v) is 16.3. The zero-order valence-electron chi connectivity index (χ0n) is 36.0. The van der Waals surface area contributed by atoms with Gasteiger partial charge in [0.25, 0.3) is 0 Å². The Morgan fingerprint density at radius 2 is 0.873 bits per heavy atom. The van der Waals surface area contributed by atoms with E-state index >= 15 is 0 Å². The first-order valence-corrected chi connectivity index (χ1v) is 21.7. The van der Waals surface area contributed by atoms with E-state index in [0.29, 0.717) is 0 Å². The van der Waals surface area contributed by atoms with Crippen LogP contribution in [0, 0.1) is 0 Å². The van der Waals surface area contributed by atoms with Crippen molar-refractivity contribution in [1.29, 1.82) is 0 Å². The van der Waals surface area contributed by atoms with Gasteiger partial charge in [-0.25, -0.2) is 0 Å².